The normalized spacial score (nSPS) is 26.1. The second-order valence-electron chi connectivity index (χ2n) is 4.66. The maximum absolute atomic E-state index is 6.17. The lowest BCUT2D eigenvalue weighted by atomic mass is 9.84. The first kappa shape index (κ1) is 9.67. The number of fused-ring (bicyclic) bond motifs is 1. The van der Waals surface area contributed by atoms with E-state index < -0.39 is 0 Å². The van der Waals surface area contributed by atoms with Gasteiger partial charge in [-0.1, -0.05) is 18.0 Å². The molecule has 2 heterocycles. The summed E-state index contributed by atoms with van der Waals surface area (Å²) in [6.45, 7) is 0. The molecule has 82 valence electrons. The van der Waals surface area contributed by atoms with Crippen molar-refractivity contribution in [2.75, 3.05) is 0 Å². The molecule has 1 fully saturated rings. The van der Waals surface area contributed by atoms with Gasteiger partial charge in [0, 0.05) is 5.92 Å². The third kappa shape index (κ3) is 1.41. The van der Waals surface area contributed by atoms with Crippen LogP contribution in [-0.4, -0.2) is 9.55 Å². The van der Waals surface area contributed by atoms with E-state index in [1.54, 1.807) is 0 Å². The van der Waals surface area contributed by atoms with Crippen LogP contribution in [0.4, 0.5) is 0 Å². The smallest absolute Gasteiger partial charge is 0.150 e. The van der Waals surface area contributed by atoms with Crippen molar-refractivity contribution in [2.45, 2.75) is 50.6 Å². The van der Waals surface area contributed by atoms with Crippen LogP contribution in [0.25, 0.3) is 0 Å². The number of halogens is 1. The highest BCUT2D eigenvalue weighted by molar-refractivity contribution is 6.30. The minimum Gasteiger partial charge on any atom is -0.314 e. The molecule has 1 aromatic rings. The standard InChI is InChI=1S/C11H16ClN3/c12-10-8-5-2-6-9(13)15(8)11(14-10)7-3-1-4-7/h7,9H,1-6,13H2. The van der Waals surface area contributed by atoms with Crippen LogP contribution < -0.4 is 5.73 Å². The molecule has 0 spiro atoms. The fraction of sp³-hybridized carbons (Fsp3) is 0.727. The van der Waals surface area contributed by atoms with Gasteiger partial charge < -0.3 is 10.3 Å². The van der Waals surface area contributed by atoms with Crippen molar-refractivity contribution in [1.29, 1.82) is 0 Å². The first-order chi connectivity index (χ1) is 7.27. The van der Waals surface area contributed by atoms with Gasteiger partial charge in [0.25, 0.3) is 0 Å². The summed E-state index contributed by atoms with van der Waals surface area (Å²) in [4.78, 5) is 4.51. The van der Waals surface area contributed by atoms with Crippen LogP contribution in [0.5, 0.6) is 0 Å². The number of hydrogen-bond acceptors (Lipinski definition) is 2. The molecular weight excluding hydrogens is 210 g/mol. The lowest BCUT2D eigenvalue weighted by Crippen LogP contribution is -2.28. The second kappa shape index (κ2) is 3.49. The summed E-state index contributed by atoms with van der Waals surface area (Å²) in [5.74, 6) is 1.76. The van der Waals surface area contributed by atoms with Gasteiger partial charge in [0.15, 0.2) is 5.15 Å². The van der Waals surface area contributed by atoms with E-state index in [1.165, 1.54) is 19.3 Å². The average molecular weight is 226 g/mol. The SMILES string of the molecule is NC1CCCc2c(Cl)nc(C3CCC3)n21. The van der Waals surface area contributed by atoms with Crippen molar-refractivity contribution in [3.63, 3.8) is 0 Å². The Balaban J connectivity index is 2.06. The third-order valence-corrected chi connectivity index (χ3v) is 4.01. The summed E-state index contributed by atoms with van der Waals surface area (Å²) < 4.78 is 2.20. The van der Waals surface area contributed by atoms with E-state index >= 15 is 0 Å². The van der Waals surface area contributed by atoms with E-state index in [9.17, 15) is 0 Å². The molecular formula is C11H16ClN3. The van der Waals surface area contributed by atoms with Gasteiger partial charge in [-0.05, 0) is 32.1 Å². The Labute approximate surface area is 94.6 Å². The Morgan fingerprint density at radius 3 is 2.73 bits per heavy atom. The van der Waals surface area contributed by atoms with Gasteiger partial charge in [-0.3, -0.25) is 0 Å². The number of aromatic nitrogens is 2. The highest BCUT2D eigenvalue weighted by atomic mass is 35.5. The Hall–Kier alpha value is -0.540. The molecule has 2 N–H and O–H groups in total. The van der Waals surface area contributed by atoms with Gasteiger partial charge in [0.2, 0.25) is 0 Å². The Bertz CT molecular complexity index is 381. The van der Waals surface area contributed by atoms with Gasteiger partial charge >= 0.3 is 0 Å². The molecule has 1 unspecified atom stereocenters. The first-order valence-corrected chi connectivity index (χ1v) is 6.17. The number of hydrogen-bond donors (Lipinski definition) is 1. The molecule has 1 saturated carbocycles. The number of nitrogens with zero attached hydrogens (tertiary/aromatic N) is 2. The van der Waals surface area contributed by atoms with Crippen LogP contribution >= 0.6 is 11.6 Å². The molecule has 0 radical (unpaired) electrons. The van der Waals surface area contributed by atoms with Crippen LogP contribution in [0, 0.1) is 0 Å². The first-order valence-electron chi connectivity index (χ1n) is 5.79. The number of imidazole rings is 1. The molecule has 0 bridgehead atoms. The molecule has 15 heavy (non-hydrogen) atoms. The Morgan fingerprint density at radius 2 is 2.07 bits per heavy atom. The topological polar surface area (TPSA) is 43.8 Å². The molecule has 2 aliphatic rings. The lowest BCUT2D eigenvalue weighted by Gasteiger charge is -2.30. The van der Waals surface area contributed by atoms with Crippen molar-refractivity contribution >= 4 is 11.6 Å². The summed E-state index contributed by atoms with van der Waals surface area (Å²) in [7, 11) is 0. The van der Waals surface area contributed by atoms with Crippen LogP contribution in [0.3, 0.4) is 0 Å². The van der Waals surface area contributed by atoms with E-state index in [0.717, 1.165) is 30.8 Å². The molecule has 1 aliphatic heterocycles. The fourth-order valence-electron chi connectivity index (χ4n) is 2.61. The molecule has 0 amide bonds. The van der Waals surface area contributed by atoms with Crippen LogP contribution in [-0.2, 0) is 6.42 Å². The van der Waals surface area contributed by atoms with Gasteiger partial charge in [-0.25, -0.2) is 4.98 Å². The molecule has 3 nitrogen and oxygen atoms in total. The highest BCUT2D eigenvalue weighted by Gasteiger charge is 2.30. The van der Waals surface area contributed by atoms with E-state index in [0.29, 0.717) is 11.1 Å². The number of nitrogens with two attached hydrogens (primary N) is 1. The summed E-state index contributed by atoms with van der Waals surface area (Å²) in [5, 5.41) is 0.687. The average Bonchev–Trinajstić information content (AvgIpc) is 2.43. The second-order valence-corrected chi connectivity index (χ2v) is 5.02. The van der Waals surface area contributed by atoms with Gasteiger partial charge in [0.05, 0.1) is 11.9 Å². The van der Waals surface area contributed by atoms with Crippen molar-refractivity contribution < 1.29 is 0 Å². The molecule has 1 atom stereocenters. The minimum absolute atomic E-state index is 0.101. The molecule has 0 saturated heterocycles. The molecule has 3 rings (SSSR count). The van der Waals surface area contributed by atoms with Crippen molar-refractivity contribution in [2.24, 2.45) is 5.73 Å². The predicted octanol–water partition coefficient (Wildman–Crippen LogP) is 2.60. The maximum atomic E-state index is 6.17. The lowest BCUT2D eigenvalue weighted by molar-refractivity contribution is 0.343. The minimum atomic E-state index is 0.101. The van der Waals surface area contributed by atoms with Crippen molar-refractivity contribution in [3.05, 3.63) is 16.7 Å². The quantitative estimate of drug-likeness (QED) is 0.799. The maximum Gasteiger partial charge on any atom is 0.150 e. The molecule has 1 aromatic heterocycles. The third-order valence-electron chi connectivity index (χ3n) is 3.70. The predicted molar refractivity (Wildman–Crippen MR) is 60.0 cm³/mol. The van der Waals surface area contributed by atoms with Gasteiger partial charge in [-0.2, -0.15) is 0 Å². The van der Waals surface area contributed by atoms with E-state index in [-0.39, 0.29) is 6.17 Å². The zero-order valence-electron chi connectivity index (χ0n) is 8.75. The summed E-state index contributed by atoms with van der Waals surface area (Å²) in [6.07, 6.45) is 7.14. The van der Waals surface area contributed by atoms with E-state index in [1.807, 2.05) is 0 Å². The Morgan fingerprint density at radius 1 is 1.27 bits per heavy atom. The molecule has 1 aliphatic carbocycles. The largest absolute Gasteiger partial charge is 0.314 e. The zero-order chi connectivity index (χ0) is 10.4. The summed E-state index contributed by atoms with van der Waals surface area (Å²) in [5.41, 5.74) is 7.31. The monoisotopic (exact) mass is 225 g/mol. The van der Waals surface area contributed by atoms with Gasteiger partial charge in [0.1, 0.15) is 5.82 Å². The van der Waals surface area contributed by atoms with Crippen molar-refractivity contribution in [3.8, 4) is 0 Å². The van der Waals surface area contributed by atoms with Crippen LogP contribution in [0.1, 0.15) is 55.7 Å². The van der Waals surface area contributed by atoms with Gasteiger partial charge in [-0.15, -0.1) is 0 Å². The zero-order valence-corrected chi connectivity index (χ0v) is 9.50. The van der Waals surface area contributed by atoms with Crippen LogP contribution in [0.15, 0.2) is 0 Å². The summed E-state index contributed by atoms with van der Waals surface area (Å²) in [6, 6.07) is 0. The van der Waals surface area contributed by atoms with Crippen molar-refractivity contribution in [1.82, 2.24) is 9.55 Å². The Kier molecular flexibility index (Phi) is 2.25. The van der Waals surface area contributed by atoms with E-state index in [2.05, 4.69) is 9.55 Å². The number of rotatable bonds is 1. The van der Waals surface area contributed by atoms with Crippen LogP contribution in [0.2, 0.25) is 5.15 Å². The van der Waals surface area contributed by atoms with E-state index in [4.69, 9.17) is 17.3 Å². The highest BCUT2D eigenvalue weighted by Crippen LogP contribution is 2.40. The molecule has 0 aromatic carbocycles. The molecule has 4 heteroatoms. The summed E-state index contributed by atoms with van der Waals surface area (Å²) >= 11 is 6.17. The fourth-order valence-corrected chi connectivity index (χ4v) is 2.88.